The minimum atomic E-state index is -0.500. The maximum absolute atomic E-state index is 14.4. The molecule has 2 saturated carbocycles. The topological polar surface area (TPSA) is 72.7 Å². The molecule has 8 heteroatoms. The highest BCUT2D eigenvalue weighted by Gasteiger charge is 2.27. The number of allylic oxidation sites excluding steroid dienone is 2. The summed E-state index contributed by atoms with van der Waals surface area (Å²) in [5.74, 6) is 1.32. The second-order valence-electron chi connectivity index (χ2n) is 8.82. The van der Waals surface area contributed by atoms with E-state index in [9.17, 15) is 9.18 Å². The SMILES string of the molecule is CC=C(c1nc(NC(=O)c2cc(-n3cnc(C4CC4)c3)c(F)cn2)cs1)C(C)CC1CC1. The number of imidazole rings is 1. The van der Waals surface area contributed by atoms with Crippen molar-refractivity contribution >= 4 is 28.6 Å². The molecule has 0 aliphatic heterocycles. The summed E-state index contributed by atoms with van der Waals surface area (Å²) in [4.78, 5) is 25.8. The molecule has 0 spiro atoms. The molecule has 166 valence electrons. The third-order valence-electron chi connectivity index (χ3n) is 6.16. The van der Waals surface area contributed by atoms with Gasteiger partial charge in [-0.1, -0.05) is 25.8 Å². The van der Waals surface area contributed by atoms with Crippen molar-refractivity contribution in [2.24, 2.45) is 11.8 Å². The largest absolute Gasteiger partial charge is 0.304 e. The number of halogens is 1. The van der Waals surface area contributed by atoms with Crippen molar-refractivity contribution in [2.45, 2.75) is 51.9 Å². The summed E-state index contributed by atoms with van der Waals surface area (Å²) in [5.41, 5.74) is 2.56. The zero-order chi connectivity index (χ0) is 22.2. The van der Waals surface area contributed by atoms with E-state index in [4.69, 9.17) is 0 Å². The van der Waals surface area contributed by atoms with Crippen molar-refractivity contribution in [1.82, 2.24) is 19.5 Å². The lowest BCUT2D eigenvalue weighted by molar-refractivity contribution is 0.102. The summed E-state index contributed by atoms with van der Waals surface area (Å²) in [5, 5.41) is 5.57. The van der Waals surface area contributed by atoms with Crippen LogP contribution in [0.3, 0.4) is 0 Å². The Morgan fingerprint density at radius 1 is 1.34 bits per heavy atom. The normalized spacial score (nSPS) is 17.4. The molecule has 3 heterocycles. The smallest absolute Gasteiger partial charge is 0.275 e. The van der Waals surface area contributed by atoms with Gasteiger partial charge < -0.3 is 9.88 Å². The second-order valence-corrected chi connectivity index (χ2v) is 9.68. The van der Waals surface area contributed by atoms with Gasteiger partial charge in [-0.05, 0) is 49.7 Å². The summed E-state index contributed by atoms with van der Waals surface area (Å²) in [6.45, 7) is 4.27. The number of carbonyl (C=O) groups is 1. The van der Waals surface area contributed by atoms with Gasteiger partial charge >= 0.3 is 0 Å². The van der Waals surface area contributed by atoms with E-state index in [0.29, 0.717) is 17.7 Å². The standard InChI is InChI=1S/C24H26FN5OS/c1-3-17(14(2)8-15-4-5-15)24-29-22(12-32-24)28-23(31)19-9-21(18(25)10-26-19)30-11-20(27-13-30)16-6-7-16/h3,9-16H,4-8H2,1-2H3,(H,28,31). The average molecular weight is 452 g/mol. The van der Waals surface area contributed by atoms with Crippen molar-refractivity contribution < 1.29 is 9.18 Å². The van der Waals surface area contributed by atoms with E-state index in [2.05, 4.69) is 33.3 Å². The van der Waals surface area contributed by atoms with Crippen LogP contribution in [0, 0.1) is 17.7 Å². The van der Waals surface area contributed by atoms with Crippen molar-refractivity contribution in [3.8, 4) is 5.69 Å². The Bertz CT molecular complexity index is 1170. The molecule has 3 aromatic heterocycles. The molecular weight excluding hydrogens is 425 g/mol. The van der Waals surface area contributed by atoms with Gasteiger partial charge in [0.05, 0.1) is 23.9 Å². The quantitative estimate of drug-likeness (QED) is 0.467. The molecule has 5 rings (SSSR count). The van der Waals surface area contributed by atoms with Crippen LogP contribution in [-0.2, 0) is 0 Å². The maximum atomic E-state index is 14.4. The monoisotopic (exact) mass is 451 g/mol. The van der Waals surface area contributed by atoms with Crippen LogP contribution in [-0.4, -0.2) is 25.4 Å². The molecule has 0 saturated heterocycles. The van der Waals surface area contributed by atoms with E-state index in [1.54, 1.807) is 10.9 Å². The summed E-state index contributed by atoms with van der Waals surface area (Å²) in [6, 6.07) is 1.45. The molecule has 0 bridgehead atoms. The van der Waals surface area contributed by atoms with E-state index in [1.165, 1.54) is 42.2 Å². The first-order chi connectivity index (χ1) is 15.5. The van der Waals surface area contributed by atoms with Crippen molar-refractivity contribution in [3.05, 3.63) is 58.5 Å². The van der Waals surface area contributed by atoms with E-state index in [1.807, 2.05) is 18.5 Å². The van der Waals surface area contributed by atoms with E-state index >= 15 is 0 Å². The Hall–Kier alpha value is -2.87. The Morgan fingerprint density at radius 3 is 2.88 bits per heavy atom. The van der Waals surface area contributed by atoms with Gasteiger partial charge in [0.2, 0.25) is 0 Å². The third-order valence-corrected chi connectivity index (χ3v) is 7.05. The lowest BCUT2D eigenvalue weighted by Crippen LogP contribution is -2.15. The molecule has 1 atom stereocenters. The Balaban J connectivity index is 1.30. The molecule has 2 aliphatic rings. The molecule has 2 aliphatic carbocycles. The van der Waals surface area contributed by atoms with Gasteiger partial charge in [-0.2, -0.15) is 0 Å². The van der Waals surface area contributed by atoms with Crippen molar-refractivity contribution in [3.63, 3.8) is 0 Å². The van der Waals surface area contributed by atoms with Crippen LogP contribution in [0.25, 0.3) is 11.3 Å². The number of nitrogens with one attached hydrogen (secondary N) is 1. The van der Waals surface area contributed by atoms with Gasteiger partial charge in [0.25, 0.3) is 5.91 Å². The minimum absolute atomic E-state index is 0.131. The van der Waals surface area contributed by atoms with Gasteiger partial charge in [0, 0.05) is 17.5 Å². The second kappa shape index (κ2) is 8.58. The van der Waals surface area contributed by atoms with Crippen molar-refractivity contribution in [1.29, 1.82) is 0 Å². The number of carbonyl (C=O) groups excluding carboxylic acids is 1. The molecule has 0 radical (unpaired) electrons. The molecule has 2 fully saturated rings. The van der Waals surface area contributed by atoms with Crippen LogP contribution in [0.15, 0.2) is 36.2 Å². The Morgan fingerprint density at radius 2 is 2.16 bits per heavy atom. The lowest BCUT2D eigenvalue weighted by Gasteiger charge is -2.13. The summed E-state index contributed by atoms with van der Waals surface area (Å²) < 4.78 is 16.0. The first-order valence-electron chi connectivity index (χ1n) is 11.1. The fourth-order valence-corrected chi connectivity index (χ4v) is 4.99. The number of amides is 1. The first-order valence-corrected chi connectivity index (χ1v) is 12.0. The fraction of sp³-hybridized carbons (Fsp3) is 0.417. The van der Waals surface area contributed by atoms with Crippen LogP contribution in [0.2, 0.25) is 0 Å². The number of rotatable bonds is 8. The number of hydrogen-bond donors (Lipinski definition) is 1. The highest BCUT2D eigenvalue weighted by molar-refractivity contribution is 7.11. The third kappa shape index (κ3) is 4.50. The minimum Gasteiger partial charge on any atom is -0.304 e. The average Bonchev–Trinajstić information content (AvgIpc) is 3.70. The van der Waals surface area contributed by atoms with Crippen LogP contribution < -0.4 is 5.32 Å². The Labute approximate surface area is 190 Å². The van der Waals surface area contributed by atoms with Crippen LogP contribution >= 0.6 is 11.3 Å². The van der Waals surface area contributed by atoms with Gasteiger partial charge in [-0.15, -0.1) is 11.3 Å². The lowest BCUT2D eigenvalue weighted by atomic mass is 9.95. The molecule has 1 N–H and O–H groups in total. The summed E-state index contributed by atoms with van der Waals surface area (Å²) >= 11 is 1.52. The Kier molecular flexibility index (Phi) is 5.63. The zero-order valence-electron chi connectivity index (χ0n) is 18.2. The summed E-state index contributed by atoms with van der Waals surface area (Å²) in [6.07, 6.45) is 12.7. The first kappa shape index (κ1) is 21.0. The number of thiazole rings is 1. The number of pyridine rings is 1. The number of hydrogen-bond acceptors (Lipinski definition) is 5. The van der Waals surface area contributed by atoms with E-state index in [0.717, 1.165) is 35.7 Å². The molecule has 1 unspecified atom stereocenters. The zero-order valence-corrected chi connectivity index (χ0v) is 19.0. The molecule has 32 heavy (non-hydrogen) atoms. The number of aromatic nitrogens is 4. The number of anilines is 1. The molecular formula is C24H26FN5OS. The van der Waals surface area contributed by atoms with Gasteiger partial charge in [-0.25, -0.2) is 19.3 Å². The molecule has 1 amide bonds. The van der Waals surface area contributed by atoms with Crippen LogP contribution in [0.4, 0.5) is 10.2 Å². The maximum Gasteiger partial charge on any atom is 0.275 e. The predicted octanol–water partition coefficient (Wildman–Crippen LogP) is 5.83. The highest BCUT2D eigenvalue weighted by atomic mass is 32.1. The number of nitrogens with zero attached hydrogens (tertiary/aromatic N) is 4. The van der Waals surface area contributed by atoms with Gasteiger partial charge in [0.15, 0.2) is 5.82 Å². The van der Waals surface area contributed by atoms with Gasteiger partial charge in [0.1, 0.15) is 16.5 Å². The molecule has 6 nitrogen and oxygen atoms in total. The highest BCUT2D eigenvalue weighted by Crippen LogP contribution is 2.40. The van der Waals surface area contributed by atoms with Crippen molar-refractivity contribution in [2.75, 3.05) is 5.32 Å². The fourth-order valence-electron chi connectivity index (χ4n) is 4.05. The molecule has 3 aromatic rings. The van der Waals surface area contributed by atoms with Crippen LogP contribution in [0.1, 0.15) is 73.1 Å². The van der Waals surface area contributed by atoms with E-state index < -0.39 is 11.7 Å². The van der Waals surface area contributed by atoms with E-state index in [-0.39, 0.29) is 11.4 Å². The molecule has 0 aromatic carbocycles. The van der Waals surface area contributed by atoms with Gasteiger partial charge in [-0.3, -0.25) is 4.79 Å². The predicted molar refractivity (Wildman–Crippen MR) is 124 cm³/mol. The summed E-state index contributed by atoms with van der Waals surface area (Å²) in [7, 11) is 0. The van der Waals surface area contributed by atoms with Crippen LogP contribution in [0.5, 0.6) is 0 Å².